The van der Waals surface area contributed by atoms with Gasteiger partial charge < -0.3 is 0 Å². The molecule has 2 rings (SSSR count). The van der Waals surface area contributed by atoms with Gasteiger partial charge in [-0.1, -0.05) is 25.6 Å². The predicted octanol–water partition coefficient (Wildman–Crippen LogP) is 2.17. The van der Waals surface area contributed by atoms with Gasteiger partial charge in [0.15, 0.2) is 5.12 Å². The van der Waals surface area contributed by atoms with E-state index in [1.807, 2.05) is 10.7 Å². The fourth-order valence-corrected chi connectivity index (χ4v) is 3.09. The standard InChI is InChI=1S/C14H21N3O2S/c1-10(2)7-17-13(4-5-15-17)16-8-12(6-14(16)19)9-20-11(3)18/h4-5,10,12H,6-9H2,1-3H3. The van der Waals surface area contributed by atoms with Crippen molar-refractivity contribution in [2.45, 2.75) is 33.7 Å². The van der Waals surface area contributed by atoms with E-state index in [4.69, 9.17) is 0 Å². The molecule has 0 N–H and O–H groups in total. The maximum atomic E-state index is 12.2. The summed E-state index contributed by atoms with van der Waals surface area (Å²) in [4.78, 5) is 25.0. The highest BCUT2D eigenvalue weighted by Crippen LogP contribution is 2.27. The minimum Gasteiger partial charge on any atom is -0.297 e. The first kappa shape index (κ1) is 15.1. The number of carbonyl (C=O) groups excluding carboxylic acids is 2. The van der Waals surface area contributed by atoms with Gasteiger partial charge in [0.25, 0.3) is 0 Å². The normalized spacial score (nSPS) is 19.1. The molecule has 0 bridgehead atoms. The average Bonchev–Trinajstić information content (AvgIpc) is 2.92. The van der Waals surface area contributed by atoms with Gasteiger partial charge >= 0.3 is 0 Å². The number of aromatic nitrogens is 2. The third-order valence-corrected chi connectivity index (χ3v) is 4.28. The third kappa shape index (κ3) is 3.62. The lowest BCUT2D eigenvalue weighted by molar-refractivity contribution is -0.117. The molecule has 1 amide bonds. The minimum absolute atomic E-state index is 0.112. The Bertz CT molecular complexity index is 498. The number of hydrogen-bond acceptors (Lipinski definition) is 4. The van der Waals surface area contributed by atoms with Crippen LogP contribution in [0.3, 0.4) is 0 Å². The summed E-state index contributed by atoms with van der Waals surface area (Å²) in [6, 6.07) is 1.89. The quantitative estimate of drug-likeness (QED) is 0.835. The zero-order chi connectivity index (χ0) is 14.7. The summed E-state index contributed by atoms with van der Waals surface area (Å²) in [5.74, 6) is 2.45. The van der Waals surface area contributed by atoms with E-state index in [9.17, 15) is 9.59 Å². The van der Waals surface area contributed by atoms with Crippen LogP contribution in [0.1, 0.15) is 27.2 Å². The molecule has 5 nitrogen and oxygen atoms in total. The summed E-state index contributed by atoms with van der Waals surface area (Å²) in [7, 11) is 0. The highest BCUT2D eigenvalue weighted by molar-refractivity contribution is 8.13. The minimum atomic E-state index is 0.112. The van der Waals surface area contributed by atoms with E-state index in [-0.39, 0.29) is 16.9 Å². The Labute approximate surface area is 123 Å². The van der Waals surface area contributed by atoms with Crippen molar-refractivity contribution in [3.8, 4) is 0 Å². The second-order valence-corrected chi connectivity index (χ2v) is 6.84. The largest absolute Gasteiger partial charge is 0.297 e. The van der Waals surface area contributed by atoms with Crippen LogP contribution in [0.4, 0.5) is 5.82 Å². The molecule has 1 aliphatic rings. The Kier molecular flexibility index (Phi) is 4.86. The van der Waals surface area contributed by atoms with Gasteiger partial charge in [-0.15, -0.1) is 0 Å². The molecular formula is C14H21N3O2S. The van der Waals surface area contributed by atoms with Crippen LogP contribution >= 0.6 is 11.8 Å². The second-order valence-electron chi connectivity index (χ2n) is 5.64. The molecule has 0 spiro atoms. The van der Waals surface area contributed by atoms with E-state index in [1.165, 1.54) is 11.8 Å². The van der Waals surface area contributed by atoms with E-state index in [0.717, 1.165) is 18.1 Å². The molecule has 1 aliphatic heterocycles. The first-order chi connectivity index (χ1) is 9.47. The summed E-state index contributed by atoms with van der Waals surface area (Å²) in [5, 5.41) is 4.41. The number of anilines is 1. The van der Waals surface area contributed by atoms with Crippen molar-refractivity contribution in [3.05, 3.63) is 12.3 Å². The lowest BCUT2D eigenvalue weighted by Gasteiger charge is -2.19. The van der Waals surface area contributed by atoms with Crippen LogP contribution in [-0.4, -0.2) is 33.1 Å². The fraction of sp³-hybridized carbons (Fsp3) is 0.643. The van der Waals surface area contributed by atoms with Gasteiger partial charge in [-0.25, -0.2) is 4.68 Å². The van der Waals surface area contributed by atoms with Crippen molar-refractivity contribution in [2.75, 3.05) is 17.2 Å². The third-order valence-electron chi connectivity index (χ3n) is 3.24. The number of amides is 1. The molecule has 1 aromatic rings. The second kappa shape index (κ2) is 6.43. The van der Waals surface area contributed by atoms with E-state index >= 15 is 0 Å². The zero-order valence-electron chi connectivity index (χ0n) is 12.2. The zero-order valence-corrected chi connectivity index (χ0v) is 13.0. The van der Waals surface area contributed by atoms with Crippen LogP contribution in [0.2, 0.25) is 0 Å². The van der Waals surface area contributed by atoms with Crippen molar-refractivity contribution in [2.24, 2.45) is 11.8 Å². The van der Waals surface area contributed by atoms with Crippen LogP contribution in [0.15, 0.2) is 12.3 Å². The van der Waals surface area contributed by atoms with Gasteiger partial charge in [-0.05, 0) is 11.8 Å². The molecule has 110 valence electrons. The molecule has 0 radical (unpaired) electrons. The Morgan fingerprint density at radius 2 is 2.30 bits per heavy atom. The van der Waals surface area contributed by atoms with Crippen LogP contribution in [0.5, 0.6) is 0 Å². The van der Waals surface area contributed by atoms with Gasteiger partial charge in [-0.3, -0.25) is 14.5 Å². The summed E-state index contributed by atoms with van der Waals surface area (Å²) >= 11 is 1.30. The molecule has 1 aromatic heterocycles. The number of thioether (sulfide) groups is 1. The van der Waals surface area contributed by atoms with Crippen LogP contribution in [0, 0.1) is 11.8 Å². The average molecular weight is 295 g/mol. The smallest absolute Gasteiger partial charge is 0.228 e. The van der Waals surface area contributed by atoms with E-state index in [2.05, 4.69) is 18.9 Å². The molecule has 0 aliphatic carbocycles. The van der Waals surface area contributed by atoms with Crippen LogP contribution < -0.4 is 4.90 Å². The highest BCUT2D eigenvalue weighted by atomic mass is 32.2. The highest BCUT2D eigenvalue weighted by Gasteiger charge is 2.32. The molecule has 20 heavy (non-hydrogen) atoms. The van der Waals surface area contributed by atoms with Crippen molar-refractivity contribution in [3.63, 3.8) is 0 Å². The molecule has 1 atom stereocenters. The lowest BCUT2D eigenvalue weighted by atomic mass is 10.1. The van der Waals surface area contributed by atoms with E-state index < -0.39 is 0 Å². The monoisotopic (exact) mass is 295 g/mol. The Morgan fingerprint density at radius 3 is 2.95 bits per heavy atom. The number of rotatable bonds is 5. The van der Waals surface area contributed by atoms with Gasteiger partial charge in [0.05, 0.1) is 6.20 Å². The molecule has 1 unspecified atom stereocenters. The van der Waals surface area contributed by atoms with Crippen molar-refractivity contribution in [1.29, 1.82) is 0 Å². The summed E-state index contributed by atoms with van der Waals surface area (Å²) < 4.78 is 1.89. The van der Waals surface area contributed by atoms with Crippen LogP contribution in [0.25, 0.3) is 0 Å². The van der Waals surface area contributed by atoms with E-state index in [1.54, 1.807) is 18.0 Å². The molecule has 0 saturated carbocycles. The lowest BCUT2D eigenvalue weighted by Crippen LogP contribution is -2.28. The van der Waals surface area contributed by atoms with Crippen molar-refractivity contribution in [1.82, 2.24) is 9.78 Å². The van der Waals surface area contributed by atoms with Gasteiger partial charge in [0, 0.05) is 38.3 Å². The Morgan fingerprint density at radius 1 is 1.55 bits per heavy atom. The predicted molar refractivity (Wildman–Crippen MR) is 80.7 cm³/mol. The molecule has 2 heterocycles. The van der Waals surface area contributed by atoms with Gasteiger partial charge in [0.1, 0.15) is 5.82 Å². The van der Waals surface area contributed by atoms with Crippen molar-refractivity contribution < 1.29 is 9.59 Å². The molecule has 1 saturated heterocycles. The molecular weight excluding hydrogens is 274 g/mol. The fourth-order valence-electron chi connectivity index (χ4n) is 2.39. The maximum absolute atomic E-state index is 12.2. The van der Waals surface area contributed by atoms with E-state index in [0.29, 0.717) is 18.9 Å². The summed E-state index contributed by atoms with van der Waals surface area (Å²) in [6.07, 6.45) is 2.26. The first-order valence-electron chi connectivity index (χ1n) is 6.93. The summed E-state index contributed by atoms with van der Waals surface area (Å²) in [6.45, 7) is 7.31. The Balaban J connectivity index is 2.04. The number of nitrogens with zero attached hydrogens (tertiary/aromatic N) is 3. The van der Waals surface area contributed by atoms with Crippen LogP contribution in [-0.2, 0) is 16.1 Å². The SMILES string of the molecule is CC(=O)SCC1CC(=O)N(c2ccnn2CC(C)C)C1. The molecule has 6 heteroatoms. The molecule has 1 fully saturated rings. The van der Waals surface area contributed by atoms with Gasteiger partial charge in [0.2, 0.25) is 5.91 Å². The van der Waals surface area contributed by atoms with Gasteiger partial charge in [-0.2, -0.15) is 5.10 Å². The molecule has 0 aromatic carbocycles. The topological polar surface area (TPSA) is 55.2 Å². The van der Waals surface area contributed by atoms with Crippen molar-refractivity contribution >= 4 is 28.6 Å². The number of hydrogen-bond donors (Lipinski definition) is 0. The summed E-state index contributed by atoms with van der Waals surface area (Å²) in [5.41, 5.74) is 0. The number of carbonyl (C=O) groups is 2. The Hall–Kier alpha value is -1.30. The first-order valence-corrected chi connectivity index (χ1v) is 7.91. The maximum Gasteiger partial charge on any atom is 0.228 e.